The van der Waals surface area contributed by atoms with Crippen molar-refractivity contribution in [2.45, 2.75) is 45.6 Å². The molecule has 0 aliphatic carbocycles. The van der Waals surface area contributed by atoms with E-state index in [0.717, 1.165) is 24.9 Å². The lowest BCUT2D eigenvalue weighted by atomic mass is 10.2. The zero-order valence-electron chi connectivity index (χ0n) is 14.0. The molecule has 0 bridgehead atoms. The van der Waals surface area contributed by atoms with Gasteiger partial charge in [-0.1, -0.05) is 6.92 Å². The SMILES string of the molecule is CC[C@H](C)n1nccc1NC(=O)CN1C(=O)CCCc2sccc21. The van der Waals surface area contributed by atoms with Gasteiger partial charge in [-0.25, -0.2) is 4.68 Å². The van der Waals surface area contributed by atoms with E-state index < -0.39 is 0 Å². The van der Waals surface area contributed by atoms with Crippen LogP contribution in [0, 0.1) is 0 Å². The summed E-state index contributed by atoms with van der Waals surface area (Å²) in [5.41, 5.74) is 0.882. The Labute approximate surface area is 145 Å². The quantitative estimate of drug-likeness (QED) is 0.904. The van der Waals surface area contributed by atoms with Crippen molar-refractivity contribution in [2.75, 3.05) is 16.8 Å². The molecule has 3 rings (SSSR count). The van der Waals surface area contributed by atoms with E-state index in [4.69, 9.17) is 0 Å². The molecule has 2 aromatic rings. The Morgan fingerprint density at radius 1 is 1.42 bits per heavy atom. The number of thiophene rings is 1. The fourth-order valence-electron chi connectivity index (χ4n) is 2.87. The van der Waals surface area contributed by atoms with Crippen LogP contribution in [0.4, 0.5) is 11.5 Å². The van der Waals surface area contributed by atoms with Crippen LogP contribution in [0.15, 0.2) is 23.7 Å². The minimum absolute atomic E-state index is 0.0118. The second kappa shape index (κ2) is 7.17. The normalized spacial score (nSPS) is 15.8. The number of carbonyl (C=O) groups is 2. The van der Waals surface area contributed by atoms with Gasteiger partial charge in [0.2, 0.25) is 11.8 Å². The van der Waals surface area contributed by atoms with E-state index in [2.05, 4.69) is 24.3 Å². The number of nitrogens with zero attached hydrogens (tertiary/aromatic N) is 3. The van der Waals surface area contributed by atoms with E-state index in [0.29, 0.717) is 12.2 Å². The lowest BCUT2D eigenvalue weighted by molar-refractivity contribution is -0.121. The van der Waals surface area contributed by atoms with Crippen molar-refractivity contribution in [3.05, 3.63) is 28.6 Å². The number of anilines is 2. The molecule has 1 aliphatic heterocycles. The molecule has 0 unspecified atom stereocenters. The summed E-state index contributed by atoms with van der Waals surface area (Å²) in [6.07, 6.45) is 4.83. The molecule has 0 saturated heterocycles. The Balaban J connectivity index is 1.73. The van der Waals surface area contributed by atoms with Crippen LogP contribution in [0.1, 0.15) is 44.0 Å². The fourth-order valence-corrected chi connectivity index (χ4v) is 3.79. The maximum Gasteiger partial charge on any atom is 0.245 e. The van der Waals surface area contributed by atoms with Crippen LogP contribution < -0.4 is 10.2 Å². The molecule has 2 amide bonds. The second-order valence-corrected chi connectivity index (χ2v) is 7.03. The van der Waals surface area contributed by atoms with Crippen LogP contribution in [0.5, 0.6) is 0 Å². The van der Waals surface area contributed by atoms with Gasteiger partial charge in [0.1, 0.15) is 12.4 Å². The highest BCUT2D eigenvalue weighted by molar-refractivity contribution is 7.10. The Morgan fingerprint density at radius 2 is 2.25 bits per heavy atom. The number of rotatable bonds is 5. The molecule has 0 fully saturated rings. The highest BCUT2D eigenvalue weighted by Crippen LogP contribution is 2.31. The van der Waals surface area contributed by atoms with E-state index in [1.807, 2.05) is 11.4 Å². The third kappa shape index (κ3) is 3.36. The number of fused-ring (bicyclic) bond motifs is 1. The highest BCUT2D eigenvalue weighted by Gasteiger charge is 2.25. The van der Waals surface area contributed by atoms with Gasteiger partial charge in [0, 0.05) is 17.4 Å². The number of carbonyl (C=O) groups excluding carboxylic acids is 2. The van der Waals surface area contributed by atoms with Gasteiger partial charge in [-0.2, -0.15) is 5.10 Å². The van der Waals surface area contributed by atoms with Gasteiger partial charge in [0.25, 0.3) is 0 Å². The van der Waals surface area contributed by atoms with Gasteiger partial charge in [-0.15, -0.1) is 11.3 Å². The van der Waals surface area contributed by atoms with E-state index in [1.165, 1.54) is 4.88 Å². The van der Waals surface area contributed by atoms with Crippen LogP contribution in [-0.4, -0.2) is 28.1 Å². The molecular weight excluding hydrogens is 324 g/mol. The lowest BCUT2D eigenvalue weighted by Gasteiger charge is -2.21. The van der Waals surface area contributed by atoms with Crippen molar-refractivity contribution in [2.24, 2.45) is 0 Å². The maximum atomic E-state index is 12.5. The summed E-state index contributed by atoms with van der Waals surface area (Å²) in [6, 6.07) is 3.92. The molecular formula is C17H22N4O2S. The van der Waals surface area contributed by atoms with Gasteiger partial charge < -0.3 is 10.2 Å². The zero-order valence-corrected chi connectivity index (χ0v) is 14.8. The molecule has 128 valence electrons. The van der Waals surface area contributed by atoms with Gasteiger partial charge in [0.15, 0.2) is 0 Å². The Bertz CT molecular complexity index is 737. The van der Waals surface area contributed by atoms with Crippen LogP contribution in [0.25, 0.3) is 0 Å². The summed E-state index contributed by atoms with van der Waals surface area (Å²) in [6.45, 7) is 4.17. The number of aromatic nitrogens is 2. The third-order valence-electron chi connectivity index (χ3n) is 4.36. The molecule has 24 heavy (non-hydrogen) atoms. The largest absolute Gasteiger partial charge is 0.309 e. The summed E-state index contributed by atoms with van der Waals surface area (Å²) >= 11 is 1.65. The summed E-state index contributed by atoms with van der Waals surface area (Å²) in [7, 11) is 0. The summed E-state index contributed by atoms with van der Waals surface area (Å²) in [4.78, 5) is 27.6. The molecule has 1 N–H and O–H groups in total. The van der Waals surface area contributed by atoms with Crippen LogP contribution in [-0.2, 0) is 16.0 Å². The summed E-state index contributed by atoms with van der Waals surface area (Å²) < 4.78 is 1.80. The smallest absolute Gasteiger partial charge is 0.245 e. The first-order valence-corrected chi connectivity index (χ1v) is 9.18. The molecule has 7 heteroatoms. The topological polar surface area (TPSA) is 67.2 Å². The summed E-state index contributed by atoms with van der Waals surface area (Å²) in [5.74, 6) is 0.479. The number of hydrogen-bond acceptors (Lipinski definition) is 4. The first kappa shape index (κ1) is 16.7. The number of nitrogens with one attached hydrogen (secondary N) is 1. The zero-order chi connectivity index (χ0) is 17.1. The van der Waals surface area contributed by atoms with E-state index in [1.54, 1.807) is 33.2 Å². The van der Waals surface area contributed by atoms with E-state index in [-0.39, 0.29) is 24.4 Å². The van der Waals surface area contributed by atoms with Crippen molar-refractivity contribution in [1.82, 2.24) is 9.78 Å². The standard InChI is InChI=1S/C17H22N4O2S/c1-3-12(2)21-15(7-9-18-21)19-16(22)11-20-13-8-10-24-14(13)5-4-6-17(20)23/h7-10,12H,3-6,11H2,1-2H3,(H,19,22)/t12-/m0/s1. The predicted molar refractivity (Wildman–Crippen MR) is 95.5 cm³/mol. The minimum Gasteiger partial charge on any atom is -0.309 e. The molecule has 1 aliphatic rings. The predicted octanol–water partition coefficient (Wildman–Crippen LogP) is 3.22. The molecule has 0 saturated carbocycles. The fraction of sp³-hybridized carbons (Fsp3) is 0.471. The van der Waals surface area contributed by atoms with Crippen molar-refractivity contribution in [3.8, 4) is 0 Å². The highest BCUT2D eigenvalue weighted by atomic mass is 32.1. The van der Waals surface area contributed by atoms with E-state index >= 15 is 0 Å². The van der Waals surface area contributed by atoms with Crippen LogP contribution >= 0.6 is 11.3 Å². The van der Waals surface area contributed by atoms with Crippen molar-refractivity contribution in [1.29, 1.82) is 0 Å². The first-order valence-electron chi connectivity index (χ1n) is 8.30. The Kier molecular flexibility index (Phi) is 4.99. The second-order valence-electron chi connectivity index (χ2n) is 6.03. The average molecular weight is 346 g/mol. The van der Waals surface area contributed by atoms with Crippen LogP contribution in [0.2, 0.25) is 0 Å². The molecule has 3 heterocycles. The number of hydrogen-bond donors (Lipinski definition) is 1. The average Bonchev–Trinajstić information content (AvgIpc) is 3.18. The molecule has 1 atom stereocenters. The monoisotopic (exact) mass is 346 g/mol. The Hall–Kier alpha value is -2.15. The van der Waals surface area contributed by atoms with Gasteiger partial charge in [-0.3, -0.25) is 9.59 Å². The van der Waals surface area contributed by atoms with Crippen molar-refractivity contribution in [3.63, 3.8) is 0 Å². The maximum absolute atomic E-state index is 12.5. The van der Waals surface area contributed by atoms with Gasteiger partial charge >= 0.3 is 0 Å². The third-order valence-corrected chi connectivity index (χ3v) is 5.33. The van der Waals surface area contributed by atoms with Crippen LogP contribution in [0.3, 0.4) is 0 Å². The number of amides is 2. The molecule has 0 aromatic carbocycles. The Morgan fingerprint density at radius 3 is 3.04 bits per heavy atom. The molecule has 0 spiro atoms. The van der Waals surface area contributed by atoms with E-state index in [9.17, 15) is 9.59 Å². The minimum atomic E-state index is -0.201. The number of aryl methyl sites for hydroxylation is 1. The summed E-state index contributed by atoms with van der Waals surface area (Å²) in [5, 5.41) is 9.13. The molecule has 2 aromatic heterocycles. The lowest BCUT2D eigenvalue weighted by Crippen LogP contribution is -2.37. The van der Waals surface area contributed by atoms with Gasteiger partial charge in [0.05, 0.1) is 17.9 Å². The molecule has 0 radical (unpaired) electrons. The van der Waals surface area contributed by atoms with Gasteiger partial charge in [-0.05, 0) is 37.6 Å². The first-order chi connectivity index (χ1) is 11.6. The van der Waals surface area contributed by atoms with Crippen molar-refractivity contribution < 1.29 is 9.59 Å². The molecule has 6 nitrogen and oxygen atoms in total. The van der Waals surface area contributed by atoms with Crippen molar-refractivity contribution >= 4 is 34.7 Å².